The Morgan fingerprint density at radius 2 is 1.44 bits per heavy atom. The van der Waals surface area contributed by atoms with Crippen molar-refractivity contribution in [2.45, 2.75) is 115 Å². The summed E-state index contributed by atoms with van der Waals surface area (Å²) in [5, 5.41) is 13.9. The van der Waals surface area contributed by atoms with E-state index in [1.54, 1.807) is 45.0 Å². The van der Waals surface area contributed by atoms with Crippen LogP contribution in [0.3, 0.4) is 0 Å². The molecule has 1 N–H and O–H groups in total. The van der Waals surface area contributed by atoms with Gasteiger partial charge in [0.05, 0.1) is 24.2 Å². The third kappa shape index (κ3) is 9.75. The second kappa shape index (κ2) is 12.9. The Morgan fingerprint density at radius 1 is 0.944 bits per heavy atom. The van der Waals surface area contributed by atoms with Crippen molar-refractivity contribution in [2.75, 3.05) is 0 Å². The summed E-state index contributed by atoms with van der Waals surface area (Å²) in [6.45, 7) is 5.07. The van der Waals surface area contributed by atoms with E-state index in [4.69, 9.17) is 18.3 Å². The van der Waals surface area contributed by atoms with Gasteiger partial charge in [0.25, 0.3) is 0 Å². The molecule has 1 unspecified atom stereocenters. The summed E-state index contributed by atoms with van der Waals surface area (Å²) >= 11 is 0. The van der Waals surface area contributed by atoms with Crippen molar-refractivity contribution < 1.29 is 37.6 Å². The average molecular weight is 525 g/mol. The molecule has 2 aliphatic rings. The number of carbonyl (C=O) groups excluding carboxylic acids is 2. The molecule has 0 heterocycles. The Bertz CT molecular complexity index is 878. The standard InChI is InChI=1S/C26H40NO8P/c1-26(2,3)32-25(30)27-23(24(28)29)18-19-14-16-22(17-15-19)35-36(31,33-20-10-6-4-7-11-20)34-21-12-8-5-9-13-21/h14-17,20-21,23H,4-13,18H2,1-3H3,(H,27,30)(H,28,29)/p-1. The molecule has 1 amide bonds. The van der Waals surface area contributed by atoms with Crippen LogP contribution in [0.4, 0.5) is 4.79 Å². The van der Waals surface area contributed by atoms with Crippen LogP contribution in [0, 0.1) is 0 Å². The van der Waals surface area contributed by atoms with Gasteiger partial charge in [0.15, 0.2) is 0 Å². The monoisotopic (exact) mass is 524 g/mol. The van der Waals surface area contributed by atoms with E-state index in [1.807, 2.05) is 0 Å². The molecule has 2 saturated carbocycles. The number of carboxylic acid groups (broad SMARTS) is 1. The maximum Gasteiger partial charge on any atom is 0.530 e. The second-order valence-electron chi connectivity index (χ2n) is 10.6. The first-order valence-corrected chi connectivity index (χ1v) is 14.4. The molecule has 2 aliphatic carbocycles. The Balaban J connectivity index is 1.65. The molecule has 1 atom stereocenters. The van der Waals surface area contributed by atoms with Gasteiger partial charge < -0.3 is 24.5 Å². The van der Waals surface area contributed by atoms with E-state index in [0.717, 1.165) is 64.2 Å². The van der Waals surface area contributed by atoms with E-state index < -0.39 is 31.5 Å². The Hall–Kier alpha value is -2.09. The number of aliphatic carboxylic acids is 1. The molecule has 0 bridgehead atoms. The van der Waals surface area contributed by atoms with Crippen LogP contribution in [0.2, 0.25) is 0 Å². The summed E-state index contributed by atoms with van der Waals surface area (Å²) in [5.41, 5.74) is -0.142. The smallest absolute Gasteiger partial charge is 0.530 e. The zero-order chi connectivity index (χ0) is 26.2. The molecule has 0 aliphatic heterocycles. The van der Waals surface area contributed by atoms with Crippen LogP contribution < -0.4 is 14.9 Å². The van der Waals surface area contributed by atoms with Crippen LogP contribution >= 0.6 is 7.82 Å². The SMILES string of the molecule is CC(C)(C)OC(=O)NC(Cc1ccc(OP(=O)(OC2CCCCC2)OC2CCCCC2)cc1)C(=O)[O-]. The van der Waals surface area contributed by atoms with E-state index in [1.165, 1.54) is 0 Å². The number of rotatable bonds is 10. The molecular formula is C26H39NO8P-. The topological polar surface area (TPSA) is 123 Å². The van der Waals surface area contributed by atoms with Crippen LogP contribution in [-0.4, -0.2) is 35.9 Å². The van der Waals surface area contributed by atoms with Crippen molar-refractivity contribution in [1.29, 1.82) is 0 Å². The van der Waals surface area contributed by atoms with Crippen molar-refractivity contribution in [2.24, 2.45) is 0 Å². The molecule has 0 radical (unpaired) electrons. The molecule has 10 heteroatoms. The predicted molar refractivity (Wildman–Crippen MR) is 132 cm³/mol. The highest BCUT2D eigenvalue weighted by molar-refractivity contribution is 7.49. The van der Waals surface area contributed by atoms with Crippen LogP contribution in [-0.2, 0) is 29.6 Å². The van der Waals surface area contributed by atoms with Gasteiger partial charge in [0, 0.05) is 0 Å². The molecular weight excluding hydrogens is 485 g/mol. The van der Waals surface area contributed by atoms with Gasteiger partial charge in [-0.2, -0.15) is 0 Å². The molecule has 3 rings (SSSR count). The van der Waals surface area contributed by atoms with Gasteiger partial charge in [-0.3, -0.25) is 9.05 Å². The number of hydrogen-bond donors (Lipinski definition) is 1. The first-order valence-electron chi connectivity index (χ1n) is 13.0. The lowest BCUT2D eigenvalue weighted by molar-refractivity contribution is -0.308. The Kier molecular flexibility index (Phi) is 10.2. The number of phosphoric acid groups is 1. The molecule has 1 aromatic rings. The van der Waals surface area contributed by atoms with E-state index in [2.05, 4.69) is 5.32 Å². The highest BCUT2D eigenvalue weighted by Gasteiger charge is 2.36. The zero-order valence-electron chi connectivity index (χ0n) is 21.5. The quantitative estimate of drug-likeness (QED) is 0.422. The van der Waals surface area contributed by atoms with Gasteiger partial charge in [-0.05, 0) is 70.6 Å². The number of hydrogen-bond acceptors (Lipinski definition) is 8. The largest absolute Gasteiger partial charge is 0.548 e. The highest BCUT2D eigenvalue weighted by atomic mass is 31.2. The fourth-order valence-electron chi connectivity index (χ4n) is 4.47. The first-order chi connectivity index (χ1) is 17.0. The van der Waals surface area contributed by atoms with Crippen molar-refractivity contribution >= 4 is 19.9 Å². The number of phosphoric ester groups is 1. The van der Waals surface area contributed by atoms with Gasteiger partial charge >= 0.3 is 13.9 Å². The Labute approximate surface area is 213 Å². The van der Waals surface area contributed by atoms with Gasteiger partial charge in [0.2, 0.25) is 0 Å². The third-order valence-corrected chi connectivity index (χ3v) is 7.76. The number of benzene rings is 1. The summed E-state index contributed by atoms with van der Waals surface area (Å²) in [4.78, 5) is 23.6. The summed E-state index contributed by atoms with van der Waals surface area (Å²) in [6, 6.07) is 5.20. The van der Waals surface area contributed by atoms with Crippen molar-refractivity contribution in [3.05, 3.63) is 29.8 Å². The minimum atomic E-state index is -3.85. The molecule has 1 aromatic carbocycles. The maximum atomic E-state index is 13.7. The first kappa shape index (κ1) is 28.5. The molecule has 2 fully saturated rings. The highest BCUT2D eigenvalue weighted by Crippen LogP contribution is 2.54. The fraction of sp³-hybridized carbons (Fsp3) is 0.692. The predicted octanol–water partition coefficient (Wildman–Crippen LogP) is 5.06. The van der Waals surface area contributed by atoms with Gasteiger partial charge in [-0.1, -0.05) is 50.7 Å². The van der Waals surface area contributed by atoms with Gasteiger partial charge in [-0.25, -0.2) is 9.36 Å². The number of carboxylic acids is 1. The summed E-state index contributed by atoms with van der Waals surface area (Å²) in [7, 11) is -3.85. The zero-order valence-corrected chi connectivity index (χ0v) is 22.4. The minimum absolute atomic E-state index is 0.0172. The molecule has 9 nitrogen and oxygen atoms in total. The number of nitrogens with one attached hydrogen (secondary N) is 1. The van der Waals surface area contributed by atoms with E-state index in [0.29, 0.717) is 11.3 Å². The molecule has 0 aromatic heterocycles. The van der Waals surface area contributed by atoms with Crippen molar-refractivity contribution in [1.82, 2.24) is 5.32 Å². The minimum Gasteiger partial charge on any atom is -0.548 e. The van der Waals surface area contributed by atoms with Crippen molar-refractivity contribution in [3.8, 4) is 5.75 Å². The molecule has 0 spiro atoms. The summed E-state index contributed by atoms with van der Waals surface area (Å²) < 4.78 is 36.6. The fourth-order valence-corrected chi connectivity index (χ4v) is 6.14. The van der Waals surface area contributed by atoms with Crippen LogP contribution in [0.15, 0.2) is 24.3 Å². The number of ether oxygens (including phenoxy) is 1. The van der Waals surface area contributed by atoms with E-state index in [9.17, 15) is 19.3 Å². The second-order valence-corrected chi connectivity index (χ2v) is 12.1. The number of amides is 1. The van der Waals surface area contributed by atoms with Gasteiger partial charge in [0.1, 0.15) is 11.4 Å². The molecule has 0 saturated heterocycles. The number of alkyl carbamates (subject to hydrolysis) is 1. The van der Waals surface area contributed by atoms with E-state index >= 15 is 0 Å². The molecule has 202 valence electrons. The summed E-state index contributed by atoms with van der Waals surface area (Å²) in [5.74, 6) is -1.12. The maximum absolute atomic E-state index is 13.7. The summed E-state index contributed by atoms with van der Waals surface area (Å²) in [6.07, 6.45) is 8.55. The lowest BCUT2D eigenvalue weighted by atomic mass is 9.98. The normalized spacial score (nSPS) is 18.9. The average Bonchev–Trinajstić information content (AvgIpc) is 2.79. The van der Waals surface area contributed by atoms with Crippen LogP contribution in [0.25, 0.3) is 0 Å². The van der Waals surface area contributed by atoms with E-state index in [-0.39, 0.29) is 18.6 Å². The molecule has 36 heavy (non-hydrogen) atoms. The lowest BCUT2D eigenvalue weighted by Gasteiger charge is -2.30. The lowest BCUT2D eigenvalue weighted by Crippen LogP contribution is -2.50. The van der Waals surface area contributed by atoms with Crippen LogP contribution in [0.5, 0.6) is 5.75 Å². The number of carbonyl (C=O) groups is 2. The third-order valence-electron chi connectivity index (χ3n) is 6.22. The van der Waals surface area contributed by atoms with Crippen LogP contribution in [0.1, 0.15) is 90.5 Å². The Morgan fingerprint density at radius 3 is 1.89 bits per heavy atom. The van der Waals surface area contributed by atoms with Crippen molar-refractivity contribution in [3.63, 3.8) is 0 Å². The van der Waals surface area contributed by atoms with Gasteiger partial charge in [-0.15, -0.1) is 0 Å².